The molecule has 0 bridgehead atoms. The minimum Gasteiger partial charge on any atom is -0.485 e. The zero-order valence-electron chi connectivity index (χ0n) is 18.0. The van der Waals surface area contributed by atoms with E-state index in [9.17, 15) is 15.2 Å². The first-order valence-electron chi connectivity index (χ1n) is 10.6. The first-order chi connectivity index (χ1) is 15.7. The van der Waals surface area contributed by atoms with Gasteiger partial charge in [-0.2, -0.15) is 5.26 Å². The third-order valence-electron chi connectivity index (χ3n) is 6.30. The number of carbonyl (C=O) groups is 1. The molecule has 9 heteroatoms. The van der Waals surface area contributed by atoms with E-state index in [0.717, 1.165) is 0 Å². The van der Waals surface area contributed by atoms with Gasteiger partial charge in [-0.3, -0.25) is 4.79 Å². The molecule has 33 heavy (non-hydrogen) atoms. The van der Waals surface area contributed by atoms with E-state index in [1.165, 1.54) is 5.01 Å². The van der Waals surface area contributed by atoms with Crippen LogP contribution in [0.3, 0.4) is 0 Å². The molecule has 1 N–H and O–H groups in total. The summed E-state index contributed by atoms with van der Waals surface area (Å²) in [6, 6.07) is 12.2. The lowest BCUT2D eigenvalue weighted by molar-refractivity contribution is -0.135. The van der Waals surface area contributed by atoms with Crippen LogP contribution in [0.5, 0.6) is 5.75 Å². The molecule has 0 unspecified atom stereocenters. The van der Waals surface area contributed by atoms with Crippen LogP contribution >= 0.6 is 23.2 Å². The van der Waals surface area contributed by atoms with E-state index < -0.39 is 17.8 Å². The highest BCUT2D eigenvalue weighted by Crippen LogP contribution is 2.48. The fourth-order valence-electron chi connectivity index (χ4n) is 4.28. The van der Waals surface area contributed by atoms with Gasteiger partial charge in [0.05, 0.1) is 24.1 Å². The van der Waals surface area contributed by atoms with E-state index >= 15 is 0 Å². The fraction of sp³-hybridized carbons (Fsp3) is 0.375. The van der Waals surface area contributed by atoms with E-state index in [-0.39, 0.29) is 24.3 Å². The molecule has 0 radical (unpaired) electrons. The number of fused-ring (bicyclic) bond motifs is 2. The number of hydrogen-bond donors (Lipinski definition) is 1. The van der Waals surface area contributed by atoms with Crippen molar-refractivity contribution in [3.05, 3.63) is 63.1 Å². The van der Waals surface area contributed by atoms with Crippen LogP contribution in [-0.2, 0) is 16.1 Å². The van der Waals surface area contributed by atoms with Crippen LogP contribution in [-0.4, -0.2) is 33.6 Å². The smallest absolute Gasteiger partial charge is 0.247 e. The van der Waals surface area contributed by atoms with Crippen LogP contribution in [0.15, 0.2) is 41.5 Å². The maximum atomic E-state index is 12.8. The van der Waals surface area contributed by atoms with Gasteiger partial charge in [-0.25, -0.2) is 5.01 Å². The molecule has 1 amide bonds. The highest BCUT2D eigenvalue weighted by Gasteiger charge is 2.55. The molecule has 1 saturated carbocycles. The lowest BCUT2D eigenvalue weighted by Gasteiger charge is -2.42. The summed E-state index contributed by atoms with van der Waals surface area (Å²) in [4.78, 5) is 12.8. The lowest BCUT2D eigenvalue weighted by atomic mass is 9.87. The minimum absolute atomic E-state index is 0.0848. The summed E-state index contributed by atoms with van der Waals surface area (Å²) in [5.74, 6) is 0.505. The summed E-state index contributed by atoms with van der Waals surface area (Å²) in [6.07, 6.45) is -1.18. The summed E-state index contributed by atoms with van der Waals surface area (Å²) >= 11 is 12.3. The van der Waals surface area contributed by atoms with Crippen molar-refractivity contribution in [2.45, 2.75) is 44.6 Å². The van der Waals surface area contributed by atoms with Crippen molar-refractivity contribution in [2.24, 2.45) is 16.9 Å². The summed E-state index contributed by atoms with van der Waals surface area (Å²) in [6.45, 7) is 3.73. The molecular formula is C24H21Cl2N3O4. The highest BCUT2D eigenvalue weighted by molar-refractivity contribution is 6.35. The van der Waals surface area contributed by atoms with Crippen molar-refractivity contribution in [2.75, 3.05) is 0 Å². The van der Waals surface area contributed by atoms with Gasteiger partial charge in [0.15, 0.2) is 6.10 Å². The third kappa shape index (κ3) is 3.93. The van der Waals surface area contributed by atoms with Crippen molar-refractivity contribution >= 4 is 35.0 Å². The van der Waals surface area contributed by atoms with Gasteiger partial charge >= 0.3 is 0 Å². The largest absolute Gasteiger partial charge is 0.485 e. The Kier molecular flexibility index (Phi) is 5.28. The predicted molar refractivity (Wildman–Crippen MR) is 122 cm³/mol. The molecule has 3 aliphatic rings. The zero-order chi connectivity index (χ0) is 23.5. The van der Waals surface area contributed by atoms with E-state index in [0.29, 0.717) is 44.8 Å². The summed E-state index contributed by atoms with van der Waals surface area (Å²) in [7, 11) is 0. The molecule has 2 aromatic rings. The van der Waals surface area contributed by atoms with Crippen molar-refractivity contribution < 1.29 is 19.4 Å². The number of hydrazone groups is 1. The standard InChI is InChI=1S/C24H21Cl2N3O4/c1-24(2)21(30)20(17-7-12(10-27)3-6-19(17)33-24)32-22-15-9-16(15)23(31)29(28-22)11-13-4-5-14(25)8-18(13)26/h3-8,15-16,20-21,30H,9,11H2,1-2H3/t15-,16-,20-,21+/m1/s1. The number of nitrogens with zero attached hydrogens (tertiary/aromatic N) is 3. The maximum absolute atomic E-state index is 12.8. The Morgan fingerprint density at radius 2 is 2.06 bits per heavy atom. The van der Waals surface area contributed by atoms with Gasteiger partial charge in [0, 0.05) is 21.5 Å². The molecule has 2 aromatic carbocycles. The summed E-state index contributed by atoms with van der Waals surface area (Å²) in [5, 5.41) is 27.2. The Bertz CT molecular complexity index is 1220. The van der Waals surface area contributed by atoms with Gasteiger partial charge in [0.1, 0.15) is 17.5 Å². The minimum atomic E-state index is -1.02. The van der Waals surface area contributed by atoms with Gasteiger partial charge < -0.3 is 14.6 Å². The Balaban J connectivity index is 1.47. The second-order valence-electron chi connectivity index (χ2n) is 9.07. The number of amides is 1. The van der Waals surface area contributed by atoms with Gasteiger partial charge in [-0.05, 0) is 56.2 Å². The molecule has 0 aromatic heterocycles. The van der Waals surface area contributed by atoms with Gasteiger partial charge in [-0.15, -0.1) is 5.10 Å². The Labute approximate surface area is 201 Å². The molecule has 1 fully saturated rings. The quantitative estimate of drug-likeness (QED) is 0.692. The fourth-order valence-corrected chi connectivity index (χ4v) is 4.75. The third-order valence-corrected chi connectivity index (χ3v) is 6.89. The first-order valence-corrected chi connectivity index (χ1v) is 11.3. The first kappa shape index (κ1) is 22.0. The average Bonchev–Trinajstić information content (AvgIpc) is 3.57. The molecule has 1 aliphatic carbocycles. The molecule has 2 aliphatic heterocycles. The zero-order valence-corrected chi connectivity index (χ0v) is 19.5. The molecule has 0 spiro atoms. The van der Waals surface area contributed by atoms with E-state index in [1.807, 2.05) is 0 Å². The maximum Gasteiger partial charge on any atom is 0.247 e. The van der Waals surface area contributed by atoms with Gasteiger partial charge in [0.2, 0.25) is 11.8 Å². The van der Waals surface area contributed by atoms with E-state index in [4.69, 9.17) is 32.7 Å². The molecule has 7 nitrogen and oxygen atoms in total. The van der Waals surface area contributed by atoms with Crippen molar-refractivity contribution in [1.29, 1.82) is 5.26 Å². The van der Waals surface area contributed by atoms with Crippen LogP contribution < -0.4 is 4.74 Å². The second kappa shape index (κ2) is 7.91. The van der Waals surface area contributed by atoms with Crippen LogP contribution in [0.1, 0.15) is 43.1 Å². The van der Waals surface area contributed by atoms with E-state index in [1.54, 1.807) is 50.2 Å². The molecule has 0 saturated heterocycles. The van der Waals surface area contributed by atoms with Crippen molar-refractivity contribution in [1.82, 2.24) is 5.01 Å². The summed E-state index contributed by atoms with van der Waals surface area (Å²) in [5.41, 5.74) is 0.802. The number of aliphatic hydroxyl groups is 1. The topological polar surface area (TPSA) is 95.2 Å². The number of aliphatic hydroxyl groups excluding tert-OH is 1. The second-order valence-corrected chi connectivity index (χ2v) is 9.92. The highest BCUT2D eigenvalue weighted by atomic mass is 35.5. The monoisotopic (exact) mass is 485 g/mol. The van der Waals surface area contributed by atoms with Gasteiger partial charge in [0.25, 0.3) is 0 Å². The predicted octanol–water partition coefficient (Wildman–Crippen LogP) is 4.45. The lowest BCUT2D eigenvalue weighted by Crippen LogP contribution is -2.50. The summed E-state index contributed by atoms with van der Waals surface area (Å²) < 4.78 is 12.2. The number of hydrogen-bond acceptors (Lipinski definition) is 6. The number of rotatable bonds is 3. The number of carbonyl (C=O) groups excluding carboxylic acids is 1. The Morgan fingerprint density at radius 3 is 2.79 bits per heavy atom. The van der Waals surface area contributed by atoms with Crippen LogP contribution in [0.25, 0.3) is 0 Å². The molecular weight excluding hydrogens is 465 g/mol. The molecule has 170 valence electrons. The van der Waals surface area contributed by atoms with Crippen LogP contribution in [0.2, 0.25) is 10.0 Å². The normalized spacial score (nSPS) is 27.0. The molecule has 4 atom stereocenters. The van der Waals surface area contributed by atoms with Crippen LogP contribution in [0, 0.1) is 23.2 Å². The van der Waals surface area contributed by atoms with Gasteiger partial charge in [-0.1, -0.05) is 29.3 Å². The number of nitriles is 1. The Hall–Kier alpha value is -2.79. The number of benzene rings is 2. The Morgan fingerprint density at radius 1 is 1.27 bits per heavy atom. The SMILES string of the molecule is CC1(C)Oc2ccc(C#N)cc2[C@@H](OC2=NN(Cc3ccc(Cl)cc3Cl)C(=O)[C@@H]3C[C@@H]23)[C@@H]1O. The molecule has 5 rings (SSSR count). The number of halogens is 2. The number of ether oxygens (including phenoxy) is 2. The van der Waals surface area contributed by atoms with Crippen molar-refractivity contribution in [3.8, 4) is 11.8 Å². The van der Waals surface area contributed by atoms with Crippen LogP contribution in [0.4, 0.5) is 0 Å². The average molecular weight is 486 g/mol. The van der Waals surface area contributed by atoms with Crippen molar-refractivity contribution in [3.63, 3.8) is 0 Å². The molecule has 2 heterocycles. The van der Waals surface area contributed by atoms with E-state index in [2.05, 4.69) is 11.2 Å².